The van der Waals surface area contributed by atoms with Gasteiger partial charge in [0.05, 0.1) is 12.1 Å². The van der Waals surface area contributed by atoms with E-state index in [1.54, 1.807) is 22.7 Å². The molecule has 5 rings (SSSR count). The van der Waals surface area contributed by atoms with Crippen LogP contribution < -0.4 is 5.32 Å². The third kappa shape index (κ3) is 3.53. The molecule has 0 bridgehead atoms. The second-order valence-corrected chi connectivity index (χ2v) is 8.58. The summed E-state index contributed by atoms with van der Waals surface area (Å²) in [5.74, 6) is 0.566. The predicted octanol–water partition coefficient (Wildman–Crippen LogP) is 5.68. The number of carbonyl (C=O) groups is 1. The van der Waals surface area contributed by atoms with Crippen molar-refractivity contribution in [3.05, 3.63) is 82.1 Å². The Kier molecular flexibility index (Phi) is 4.90. The van der Waals surface area contributed by atoms with Crippen molar-refractivity contribution in [1.82, 2.24) is 14.4 Å². The smallest absolute Gasteiger partial charge is 0.231 e. The molecule has 0 saturated carbocycles. The summed E-state index contributed by atoms with van der Waals surface area (Å²) in [6, 6.07) is 15.9. The Labute approximate surface area is 181 Å². The molecule has 0 radical (unpaired) electrons. The number of thiophene rings is 1. The number of anilines is 1. The number of nitrogens with zero attached hydrogens (tertiary/aromatic N) is 3. The Morgan fingerprint density at radius 2 is 1.90 bits per heavy atom. The van der Waals surface area contributed by atoms with Gasteiger partial charge in [0.15, 0.2) is 0 Å². The van der Waals surface area contributed by atoms with Crippen LogP contribution in [0.3, 0.4) is 0 Å². The number of imidazole rings is 1. The molecule has 30 heavy (non-hydrogen) atoms. The number of nitrogens with one attached hydrogen (secondary N) is 1. The Bertz CT molecular complexity index is 1320. The number of pyridine rings is 1. The zero-order valence-corrected chi connectivity index (χ0v) is 17.8. The number of benzene rings is 1. The molecule has 0 fully saturated rings. The first-order valence-electron chi connectivity index (χ1n) is 9.49. The summed E-state index contributed by atoms with van der Waals surface area (Å²) in [5, 5.41) is 10.1. The normalized spacial score (nSPS) is 11.1. The minimum Gasteiger partial charge on any atom is -0.310 e. The van der Waals surface area contributed by atoms with E-state index in [1.165, 1.54) is 0 Å². The molecular weight excluding hydrogens is 412 g/mol. The first kappa shape index (κ1) is 18.7. The van der Waals surface area contributed by atoms with Crippen LogP contribution in [0.2, 0.25) is 0 Å². The first-order chi connectivity index (χ1) is 14.7. The molecule has 4 aromatic heterocycles. The fourth-order valence-corrected chi connectivity index (χ4v) is 4.90. The van der Waals surface area contributed by atoms with Crippen molar-refractivity contribution >= 4 is 40.0 Å². The number of hydrogen-bond donors (Lipinski definition) is 1. The van der Waals surface area contributed by atoms with E-state index in [2.05, 4.69) is 15.7 Å². The predicted molar refractivity (Wildman–Crippen MR) is 123 cm³/mol. The highest BCUT2D eigenvalue weighted by atomic mass is 32.1. The number of thiazole rings is 1. The van der Waals surface area contributed by atoms with Crippen LogP contribution in [-0.4, -0.2) is 20.3 Å². The van der Waals surface area contributed by atoms with E-state index in [-0.39, 0.29) is 12.3 Å². The lowest BCUT2D eigenvalue weighted by Crippen LogP contribution is -2.16. The van der Waals surface area contributed by atoms with Gasteiger partial charge in [0.2, 0.25) is 5.91 Å². The van der Waals surface area contributed by atoms with Crippen LogP contribution in [-0.2, 0) is 11.2 Å². The van der Waals surface area contributed by atoms with Gasteiger partial charge in [0.25, 0.3) is 0 Å². The average Bonchev–Trinajstić information content (AvgIpc) is 3.50. The largest absolute Gasteiger partial charge is 0.310 e. The van der Waals surface area contributed by atoms with E-state index in [9.17, 15) is 4.79 Å². The third-order valence-corrected chi connectivity index (χ3v) is 6.44. The first-order valence-corrected chi connectivity index (χ1v) is 11.3. The van der Waals surface area contributed by atoms with Crippen molar-refractivity contribution in [2.45, 2.75) is 13.3 Å². The lowest BCUT2D eigenvalue weighted by molar-refractivity contribution is -0.115. The molecule has 4 heterocycles. The minimum absolute atomic E-state index is 0.113. The maximum Gasteiger partial charge on any atom is 0.231 e. The third-order valence-electron chi connectivity index (χ3n) is 4.81. The maximum atomic E-state index is 12.9. The number of hydrogen-bond acceptors (Lipinski definition) is 5. The van der Waals surface area contributed by atoms with Gasteiger partial charge in [-0.1, -0.05) is 36.4 Å². The molecule has 5 nitrogen and oxygen atoms in total. The molecule has 1 amide bonds. The highest BCUT2D eigenvalue weighted by molar-refractivity contribution is 7.14. The van der Waals surface area contributed by atoms with E-state index in [0.29, 0.717) is 5.82 Å². The van der Waals surface area contributed by atoms with E-state index >= 15 is 0 Å². The highest BCUT2D eigenvalue weighted by Crippen LogP contribution is 2.30. The van der Waals surface area contributed by atoms with Crippen LogP contribution >= 0.6 is 22.7 Å². The summed E-state index contributed by atoms with van der Waals surface area (Å²) in [5.41, 5.74) is 5.47. The Balaban J connectivity index is 1.46. The summed E-state index contributed by atoms with van der Waals surface area (Å²) in [7, 11) is 0. The maximum absolute atomic E-state index is 12.9. The van der Waals surface area contributed by atoms with Gasteiger partial charge >= 0.3 is 0 Å². The summed E-state index contributed by atoms with van der Waals surface area (Å²) in [6.07, 6.45) is 2.14. The van der Waals surface area contributed by atoms with Crippen LogP contribution in [0, 0.1) is 6.92 Å². The van der Waals surface area contributed by atoms with Gasteiger partial charge in [-0.15, -0.1) is 11.3 Å². The fourth-order valence-electron chi connectivity index (χ4n) is 3.37. The summed E-state index contributed by atoms with van der Waals surface area (Å²) < 4.78 is 1.94. The van der Waals surface area contributed by atoms with Crippen molar-refractivity contribution in [2.75, 3.05) is 5.32 Å². The molecule has 0 aliphatic rings. The molecule has 0 unspecified atom stereocenters. The second kappa shape index (κ2) is 7.85. The van der Waals surface area contributed by atoms with E-state index in [0.717, 1.165) is 38.7 Å². The molecule has 1 N–H and O–H groups in total. The van der Waals surface area contributed by atoms with Crippen LogP contribution in [0.25, 0.3) is 27.5 Å². The summed E-state index contributed by atoms with van der Waals surface area (Å²) in [6.45, 7) is 2.02. The van der Waals surface area contributed by atoms with Gasteiger partial charge in [-0.05, 0) is 30.0 Å². The number of rotatable bonds is 5. The molecule has 5 aromatic rings. The second-order valence-electron chi connectivity index (χ2n) is 6.94. The zero-order chi connectivity index (χ0) is 20.5. The number of carbonyl (C=O) groups excluding carboxylic acids is 1. The molecule has 148 valence electrons. The molecule has 0 spiro atoms. The van der Waals surface area contributed by atoms with E-state index in [1.807, 2.05) is 76.8 Å². The number of aryl methyl sites for hydroxylation is 1. The van der Waals surface area contributed by atoms with Gasteiger partial charge in [-0.25, -0.2) is 9.97 Å². The Morgan fingerprint density at radius 3 is 2.70 bits per heavy atom. The van der Waals surface area contributed by atoms with Crippen LogP contribution in [0.4, 0.5) is 5.82 Å². The summed E-state index contributed by atoms with van der Waals surface area (Å²) in [4.78, 5) is 22.3. The number of amides is 1. The molecule has 0 atom stereocenters. The van der Waals surface area contributed by atoms with Crippen molar-refractivity contribution in [3.8, 4) is 21.8 Å². The molecule has 0 saturated heterocycles. The van der Waals surface area contributed by atoms with Crippen molar-refractivity contribution in [3.63, 3.8) is 0 Å². The minimum atomic E-state index is -0.113. The molecule has 1 aromatic carbocycles. The SMILES string of the molecule is Cc1cccn2c(NC(=O)Cc3csc(-c4ccsc4)n3)c(-c3ccccc3)nc12. The lowest BCUT2D eigenvalue weighted by Gasteiger charge is -2.07. The van der Waals surface area contributed by atoms with Gasteiger partial charge in [-0.2, -0.15) is 11.3 Å². The zero-order valence-electron chi connectivity index (χ0n) is 16.2. The van der Waals surface area contributed by atoms with Crippen LogP contribution in [0.5, 0.6) is 0 Å². The van der Waals surface area contributed by atoms with E-state index < -0.39 is 0 Å². The van der Waals surface area contributed by atoms with Gasteiger partial charge in [0.1, 0.15) is 22.2 Å². The van der Waals surface area contributed by atoms with Crippen molar-refractivity contribution < 1.29 is 4.79 Å². The summed E-state index contributed by atoms with van der Waals surface area (Å²) >= 11 is 3.20. The van der Waals surface area contributed by atoms with Crippen molar-refractivity contribution in [1.29, 1.82) is 0 Å². The fraction of sp³-hybridized carbons (Fsp3) is 0.0870. The quantitative estimate of drug-likeness (QED) is 0.390. The van der Waals surface area contributed by atoms with Gasteiger partial charge in [0, 0.05) is 28.1 Å². The number of fused-ring (bicyclic) bond motifs is 1. The Hall–Kier alpha value is -3.29. The van der Waals surface area contributed by atoms with Crippen LogP contribution in [0.1, 0.15) is 11.3 Å². The van der Waals surface area contributed by atoms with Crippen molar-refractivity contribution in [2.24, 2.45) is 0 Å². The van der Waals surface area contributed by atoms with E-state index in [4.69, 9.17) is 4.98 Å². The van der Waals surface area contributed by atoms with Crippen LogP contribution in [0.15, 0.2) is 70.9 Å². The lowest BCUT2D eigenvalue weighted by atomic mass is 10.1. The highest BCUT2D eigenvalue weighted by Gasteiger charge is 2.18. The molecule has 0 aliphatic heterocycles. The number of aromatic nitrogens is 3. The molecular formula is C23H18N4OS2. The standard InChI is InChI=1S/C23H18N4OS2/c1-15-6-5-10-27-21(15)26-20(16-7-3-2-4-8-16)22(27)25-19(28)12-18-14-30-23(24-18)17-9-11-29-13-17/h2-11,13-14H,12H2,1H3,(H,25,28). The topological polar surface area (TPSA) is 59.3 Å². The Morgan fingerprint density at radius 1 is 1.03 bits per heavy atom. The van der Waals surface area contributed by atoms with Gasteiger partial charge < -0.3 is 5.32 Å². The van der Waals surface area contributed by atoms with Gasteiger partial charge in [-0.3, -0.25) is 9.20 Å². The monoisotopic (exact) mass is 430 g/mol. The average molecular weight is 431 g/mol. The molecule has 7 heteroatoms. The molecule has 0 aliphatic carbocycles.